The van der Waals surface area contributed by atoms with Crippen LogP contribution in [0.2, 0.25) is 0 Å². The van der Waals surface area contributed by atoms with Gasteiger partial charge in [-0.1, -0.05) is 31.9 Å². The highest BCUT2D eigenvalue weighted by Gasteiger charge is 2.37. The third kappa shape index (κ3) is 3.18. The lowest BCUT2D eigenvalue weighted by molar-refractivity contribution is -0.146. The van der Waals surface area contributed by atoms with Crippen LogP contribution in [0.1, 0.15) is 48.5 Å². The summed E-state index contributed by atoms with van der Waals surface area (Å²) in [5.41, 5.74) is 1.75. The molecule has 0 radical (unpaired) electrons. The number of carboxylic acid groups (broad SMARTS) is 1. The fourth-order valence-electron chi connectivity index (χ4n) is 2.49. The van der Waals surface area contributed by atoms with Crippen LogP contribution < -0.4 is 0 Å². The molecule has 1 atom stereocenters. The second-order valence-electron chi connectivity index (χ2n) is 5.30. The van der Waals surface area contributed by atoms with Crippen molar-refractivity contribution in [1.82, 2.24) is 4.90 Å². The summed E-state index contributed by atoms with van der Waals surface area (Å²) in [6.07, 6.45) is 5.00. The van der Waals surface area contributed by atoms with Crippen molar-refractivity contribution < 1.29 is 14.7 Å². The molecule has 0 aromatic heterocycles. The van der Waals surface area contributed by atoms with Crippen LogP contribution in [-0.4, -0.2) is 34.5 Å². The average molecular weight is 275 g/mol. The second kappa shape index (κ2) is 6.55. The van der Waals surface area contributed by atoms with Crippen molar-refractivity contribution in [2.45, 2.75) is 45.1 Å². The molecule has 0 aliphatic carbocycles. The molecular formula is C16H21NO3. The Morgan fingerprint density at radius 3 is 2.75 bits per heavy atom. The summed E-state index contributed by atoms with van der Waals surface area (Å²) in [4.78, 5) is 24.7. The van der Waals surface area contributed by atoms with Crippen LogP contribution in [0.5, 0.6) is 0 Å². The monoisotopic (exact) mass is 275 g/mol. The Morgan fingerprint density at radius 1 is 1.35 bits per heavy atom. The third-order valence-electron chi connectivity index (χ3n) is 3.81. The first kappa shape index (κ1) is 14.6. The lowest BCUT2D eigenvalue weighted by atomic mass is 9.99. The second-order valence-corrected chi connectivity index (χ2v) is 5.30. The number of unbranched alkanes of at least 4 members (excludes halogenated alkanes) is 2. The number of aryl methyl sites for hydroxylation is 1. The fourth-order valence-corrected chi connectivity index (χ4v) is 2.49. The molecule has 4 heteroatoms. The number of benzene rings is 1. The number of carbonyl (C=O) groups excluding carboxylic acids is 1. The van der Waals surface area contributed by atoms with Gasteiger partial charge in [-0.25, -0.2) is 4.79 Å². The lowest BCUT2D eigenvalue weighted by Crippen LogP contribution is -2.55. The standard InChI is InChI=1S/C16H21NO3/c1-2-3-4-6-12-7-5-8-13(11-12)15(18)17-10-9-14(17)16(19)20/h5,7-8,11,14H,2-4,6,9-10H2,1H3,(H,19,20)/t14-/m1/s1. The zero-order chi connectivity index (χ0) is 14.5. The van der Waals surface area contributed by atoms with Gasteiger partial charge in [-0.15, -0.1) is 0 Å². The maximum atomic E-state index is 12.3. The Labute approximate surface area is 119 Å². The van der Waals surface area contributed by atoms with Gasteiger partial charge in [0.1, 0.15) is 6.04 Å². The minimum Gasteiger partial charge on any atom is -0.480 e. The van der Waals surface area contributed by atoms with Gasteiger partial charge in [0.05, 0.1) is 0 Å². The van der Waals surface area contributed by atoms with Crippen molar-refractivity contribution in [3.8, 4) is 0 Å². The predicted octanol–water partition coefficient (Wildman–Crippen LogP) is 2.72. The van der Waals surface area contributed by atoms with Gasteiger partial charge in [0.2, 0.25) is 0 Å². The van der Waals surface area contributed by atoms with E-state index in [2.05, 4.69) is 6.92 Å². The van der Waals surface area contributed by atoms with Gasteiger partial charge in [0, 0.05) is 12.1 Å². The van der Waals surface area contributed by atoms with E-state index in [0.717, 1.165) is 18.4 Å². The van der Waals surface area contributed by atoms with Crippen LogP contribution in [0.4, 0.5) is 0 Å². The summed E-state index contributed by atoms with van der Waals surface area (Å²) in [7, 11) is 0. The number of rotatable bonds is 6. The molecule has 2 rings (SSSR count). The molecule has 1 aliphatic rings. The van der Waals surface area contributed by atoms with Crippen LogP contribution in [0.25, 0.3) is 0 Å². The summed E-state index contributed by atoms with van der Waals surface area (Å²) in [6, 6.07) is 6.92. The zero-order valence-electron chi connectivity index (χ0n) is 11.8. The number of aliphatic carboxylic acids is 1. The fraction of sp³-hybridized carbons (Fsp3) is 0.500. The van der Waals surface area contributed by atoms with E-state index in [0.29, 0.717) is 18.5 Å². The number of nitrogens with zero attached hydrogens (tertiary/aromatic N) is 1. The Bertz CT molecular complexity index is 498. The summed E-state index contributed by atoms with van der Waals surface area (Å²) in [6.45, 7) is 2.70. The average Bonchev–Trinajstić information content (AvgIpc) is 2.37. The molecule has 1 saturated heterocycles. The predicted molar refractivity (Wildman–Crippen MR) is 76.7 cm³/mol. The smallest absolute Gasteiger partial charge is 0.326 e. The Balaban J connectivity index is 2.03. The highest BCUT2D eigenvalue weighted by Crippen LogP contribution is 2.21. The molecule has 0 saturated carbocycles. The molecule has 1 aromatic rings. The lowest BCUT2D eigenvalue weighted by Gasteiger charge is -2.38. The van der Waals surface area contributed by atoms with Crippen molar-refractivity contribution >= 4 is 11.9 Å². The maximum absolute atomic E-state index is 12.3. The molecule has 1 aromatic carbocycles. The van der Waals surface area contributed by atoms with Gasteiger partial charge in [0.15, 0.2) is 0 Å². The Kier molecular flexibility index (Phi) is 4.77. The van der Waals surface area contributed by atoms with Crippen LogP contribution in [0.3, 0.4) is 0 Å². The van der Waals surface area contributed by atoms with E-state index in [1.807, 2.05) is 18.2 Å². The topological polar surface area (TPSA) is 57.6 Å². The molecule has 1 amide bonds. The molecule has 0 bridgehead atoms. The van der Waals surface area contributed by atoms with Crippen molar-refractivity contribution in [3.63, 3.8) is 0 Å². The van der Waals surface area contributed by atoms with E-state index in [-0.39, 0.29) is 5.91 Å². The first-order valence-corrected chi connectivity index (χ1v) is 7.26. The number of carbonyl (C=O) groups is 2. The quantitative estimate of drug-likeness (QED) is 0.812. The SMILES string of the molecule is CCCCCc1cccc(C(=O)N2CC[C@@H]2C(=O)O)c1. The van der Waals surface area contributed by atoms with Crippen molar-refractivity contribution in [3.05, 3.63) is 35.4 Å². The van der Waals surface area contributed by atoms with Gasteiger partial charge in [-0.3, -0.25) is 4.79 Å². The maximum Gasteiger partial charge on any atom is 0.326 e. The molecule has 1 fully saturated rings. The van der Waals surface area contributed by atoms with Gasteiger partial charge < -0.3 is 10.0 Å². The molecule has 20 heavy (non-hydrogen) atoms. The minimum atomic E-state index is -0.913. The highest BCUT2D eigenvalue weighted by molar-refractivity contribution is 5.97. The molecule has 108 valence electrons. The number of hydrogen-bond donors (Lipinski definition) is 1. The van der Waals surface area contributed by atoms with E-state index < -0.39 is 12.0 Å². The van der Waals surface area contributed by atoms with E-state index >= 15 is 0 Å². The van der Waals surface area contributed by atoms with E-state index in [1.54, 1.807) is 6.07 Å². The van der Waals surface area contributed by atoms with Gasteiger partial charge >= 0.3 is 5.97 Å². The van der Waals surface area contributed by atoms with Crippen molar-refractivity contribution in [2.24, 2.45) is 0 Å². The van der Waals surface area contributed by atoms with Crippen molar-refractivity contribution in [1.29, 1.82) is 0 Å². The van der Waals surface area contributed by atoms with Crippen LogP contribution in [-0.2, 0) is 11.2 Å². The Hall–Kier alpha value is -1.84. The van der Waals surface area contributed by atoms with E-state index in [1.165, 1.54) is 17.7 Å². The number of likely N-dealkylation sites (tertiary alicyclic amines) is 1. The summed E-state index contributed by atoms with van der Waals surface area (Å²) < 4.78 is 0. The summed E-state index contributed by atoms with van der Waals surface area (Å²) in [5.74, 6) is -1.08. The Morgan fingerprint density at radius 2 is 2.15 bits per heavy atom. The first-order valence-electron chi connectivity index (χ1n) is 7.26. The molecule has 0 spiro atoms. The van der Waals surface area contributed by atoms with Crippen LogP contribution in [0, 0.1) is 0 Å². The summed E-state index contributed by atoms with van der Waals surface area (Å²) in [5, 5.41) is 9.00. The number of hydrogen-bond acceptors (Lipinski definition) is 2. The van der Waals surface area contributed by atoms with Gasteiger partial charge in [-0.05, 0) is 37.0 Å². The van der Waals surface area contributed by atoms with Gasteiger partial charge in [0.25, 0.3) is 5.91 Å². The molecule has 0 unspecified atom stereocenters. The van der Waals surface area contributed by atoms with Crippen molar-refractivity contribution in [2.75, 3.05) is 6.54 Å². The number of carboxylic acids is 1. The molecule has 1 N–H and O–H groups in total. The van der Waals surface area contributed by atoms with Gasteiger partial charge in [-0.2, -0.15) is 0 Å². The molecule has 4 nitrogen and oxygen atoms in total. The third-order valence-corrected chi connectivity index (χ3v) is 3.81. The molecule has 1 aliphatic heterocycles. The molecule has 1 heterocycles. The normalized spacial score (nSPS) is 17.6. The van der Waals surface area contributed by atoms with E-state index in [9.17, 15) is 9.59 Å². The van der Waals surface area contributed by atoms with Crippen LogP contribution in [0.15, 0.2) is 24.3 Å². The zero-order valence-corrected chi connectivity index (χ0v) is 11.8. The first-order chi connectivity index (χ1) is 9.63. The van der Waals surface area contributed by atoms with Crippen LogP contribution >= 0.6 is 0 Å². The summed E-state index contributed by atoms with van der Waals surface area (Å²) >= 11 is 0. The van der Waals surface area contributed by atoms with E-state index in [4.69, 9.17) is 5.11 Å². The molecular weight excluding hydrogens is 254 g/mol. The minimum absolute atomic E-state index is 0.166. The number of amides is 1. The highest BCUT2D eigenvalue weighted by atomic mass is 16.4. The largest absolute Gasteiger partial charge is 0.480 e.